The van der Waals surface area contributed by atoms with Gasteiger partial charge in [0.15, 0.2) is 0 Å². The fraction of sp³-hybridized carbons (Fsp3) is 0.500. The number of rotatable bonds is 5. The van der Waals surface area contributed by atoms with Gasteiger partial charge in [-0.2, -0.15) is 0 Å². The normalized spacial score (nSPS) is 13.0. The van der Waals surface area contributed by atoms with Gasteiger partial charge in [-0.05, 0) is 24.5 Å². The van der Waals surface area contributed by atoms with Crippen molar-refractivity contribution in [3.8, 4) is 0 Å². The zero-order chi connectivity index (χ0) is 11.3. The minimum absolute atomic E-state index is 0.639. The van der Waals surface area contributed by atoms with Gasteiger partial charge in [0.05, 0.1) is 15.7 Å². The second-order valence-corrected chi connectivity index (χ2v) is 5.66. The highest BCUT2D eigenvalue weighted by atomic mass is 32.2. The summed E-state index contributed by atoms with van der Waals surface area (Å²) in [6.45, 7) is 4.36. The van der Waals surface area contributed by atoms with E-state index in [-0.39, 0.29) is 0 Å². The average molecular weight is 225 g/mol. The molecule has 1 atom stereocenters. The molecule has 0 amide bonds. The molecule has 2 N–H and O–H groups in total. The van der Waals surface area contributed by atoms with Crippen molar-refractivity contribution in [1.29, 1.82) is 0 Å². The molecule has 0 fully saturated rings. The maximum absolute atomic E-state index is 11.9. The minimum Gasteiger partial charge on any atom is -0.398 e. The van der Waals surface area contributed by atoms with Crippen molar-refractivity contribution < 1.29 is 4.21 Å². The first-order valence-corrected chi connectivity index (χ1v) is 6.66. The van der Waals surface area contributed by atoms with Crippen molar-refractivity contribution >= 4 is 16.5 Å². The third-order valence-corrected chi connectivity index (χ3v) is 3.80. The molecule has 3 heteroatoms. The van der Waals surface area contributed by atoms with E-state index in [0.29, 0.717) is 17.4 Å². The number of nitrogens with two attached hydrogens (primary N) is 1. The molecule has 0 saturated carbocycles. The summed E-state index contributed by atoms with van der Waals surface area (Å²) < 4.78 is 11.9. The smallest absolute Gasteiger partial charge is 0.0617 e. The van der Waals surface area contributed by atoms with Gasteiger partial charge in [-0.3, -0.25) is 4.21 Å². The van der Waals surface area contributed by atoms with E-state index in [9.17, 15) is 4.21 Å². The molecule has 0 heterocycles. The number of benzene rings is 1. The molecule has 0 bridgehead atoms. The molecule has 1 rings (SSSR count). The number of nitrogen functional groups attached to an aromatic ring is 1. The standard InChI is InChI=1S/C12H19NOS/c1-10(2)6-5-9-15(14)12-8-4-3-7-11(12)13/h3-4,7-8,10H,5-6,9,13H2,1-2H3. The number of para-hydroxylation sites is 1. The molecule has 1 aromatic rings. The van der Waals surface area contributed by atoms with Crippen LogP contribution in [0.2, 0.25) is 0 Å². The lowest BCUT2D eigenvalue weighted by Gasteiger charge is -2.06. The predicted octanol–water partition coefficient (Wildman–Crippen LogP) is 2.81. The summed E-state index contributed by atoms with van der Waals surface area (Å²) in [5.74, 6) is 1.39. The first kappa shape index (κ1) is 12.2. The molecule has 0 aliphatic heterocycles. The zero-order valence-electron chi connectivity index (χ0n) is 9.40. The van der Waals surface area contributed by atoms with E-state index in [1.807, 2.05) is 18.2 Å². The lowest BCUT2D eigenvalue weighted by Crippen LogP contribution is -2.03. The van der Waals surface area contributed by atoms with Gasteiger partial charge in [0.2, 0.25) is 0 Å². The van der Waals surface area contributed by atoms with Crippen molar-refractivity contribution in [1.82, 2.24) is 0 Å². The maximum atomic E-state index is 11.9. The molecular formula is C12H19NOS. The number of hydrogen-bond acceptors (Lipinski definition) is 2. The molecule has 2 nitrogen and oxygen atoms in total. The topological polar surface area (TPSA) is 43.1 Å². The van der Waals surface area contributed by atoms with Gasteiger partial charge < -0.3 is 5.73 Å². The molecule has 84 valence electrons. The fourth-order valence-electron chi connectivity index (χ4n) is 1.42. The fourth-order valence-corrected chi connectivity index (χ4v) is 2.63. The van der Waals surface area contributed by atoms with Gasteiger partial charge in [0.1, 0.15) is 0 Å². The lowest BCUT2D eigenvalue weighted by atomic mass is 10.1. The third-order valence-electron chi connectivity index (χ3n) is 2.28. The SMILES string of the molecule is CC(C)CCCS(=O)c1ccccc1N. The molecular weight excluding hydrogens is 206 g/mol. The van der Waals surface area contributed by atoms with E-state index in [1.54, 1.807) is 6.07 Å². The van der Waals surface area contributed by atoms with E-state index in [4.69, 9.17) is 5.73 Å². The summed E-state index contributed by atoms with van der Waals surface area (Å²) >= 11 is 0. The Morgan fingerprint density at radius 2 is 2.00 bits per heavy atom. The quantitative estimate of drug-likeness (QED) is 0.783. The van der Waals surface area contributed by atoms with Gasteiger partial charge in [-0.1, -0.05) is 32.4 Å². The Hall–Kier alpha value is -0.830. The van der Waals surface area contributed by atoms with Gasteiger partial charge in [-0.25, -0.2) is 0 Å². The molecule has 1 aromatic carbocycles. The Balaban J connectivity index is 2.51. The molecule has 0 aliphatic carbocycles. The largest absolute Gasteiger partial charge is 0.398 e. The first-order chi connectivity index (χ1) is 7.11. The summed E-state index contributed by atoms with van der Waals surface area (Å²) in [6.07, 6.45) is 2.12. The average Bonchev–Trinajstić information content (AvgIpc) is 2.17. The Morgan fingerprint density at radius 1 is 1.33 bits per heavy atom. The van der Waals surface area contributed by atoms with Gasteiger partial charge in [0.25, 0.3) is 0 Å². The molecule has 1 unspecified atom stereocenters. The Labute approximate surface area is 94.3 Å². The molecule has 0 radical (unpaired) electrons. The maximum Gasteiger partial charge on any atom is 0.0617 e. The summed E-state index contributed by atoms with van der Waals surface area (Å²) in [5.41, 5.74) is 6.40. The van der Waals surface area contributed by atoms with Crippen molar-refractivity contribution in [2.75, 3.05) is 11.5 Å². The predicted molar refractivity (Wildman–Crippen MR) is 66.2 cm³/mol. The summed E-state index contributed by atoms with van der Waals surface area (Å²) in [7, 11) is -0.936. The summed E-state index contributed by atoms with van der Waals surface area (Å²) in [4.78, 5) is 0.779. The zero-order valence-corrected chi connectivity index (χ0v) is 10.2. The molecule has 0 aliphatic rings. The van der Waals surface area contributed by atoms with Crippen LogP contribution < -0.4 is 5.73 Å². The van der Waals surface area contributed by atoms with Gasteiger partial charge in [-0.15, -0.1) is 0 Å². The Kier molecular flexibility index (Phi) is 4.82. The van der Waals surface area contributed by atoms with E-state index < -0.39 is 10.8 Å². The second-order valence-electron chi connectivity index (χ2n) is 4.12. The van der Waals surface area contributed by atoms with Gasteiger partial charge in [0, 0.05) is 11.4 Å². The monoisotopic (exact) mass is 225 g/mol. The van der Waals surface area contributed by atoms with Crippen molar-refractivity contribution in [3.63, 3.8) is 0 Å². The second kappa shape index (κ2) is 5.91. The van der Waals surface area contributed by atoms with Crippen LogP contribution in [0.5, 0.6) is 0 Å². The van der Waals surface area contributed by atoms with Crippen molar-refractivity contribution in [2.45, 2.75) is 31.6 Å². The van der Waals surface area contributed by atoms with Crippen LogP contribution in [0.25, 0.3) is 0 Å². The van der Waals surface area contributed by atoms with Crippen LogP contribution in [0.3, 0.4) is 0 Å². The van der Waals surface area contributed by atoms with Crippen LogP contribution in [0.4, 0.5) is 5.69 Å². The van der Waals surface area contributed by atoms with Crippen LogP contribution in [0, 0.1) is 5.92 Å². The molecule has 15 heavy (non-hydrogen) atoms. The highest BCUT2D eigenvalue weighted by Crippen LogP contribution is 2.17. The van der Waals surface area contributed by atoms with Crippen LogP contribution >= 0.6 is 0 Å². The first-order valence-electron chi connectivity index (χ1n) is 5.34. The molecule has 0 aromatic heterocycles. The third kappa shape index (κ3) is 4.04. The van der Waals surface area contributed by atoms with Crippen molar-refractivity contribution in [3.05, 3.63) is 24.3 Å². The van der Waals surface area contributed by atoms with Crippen LogP contribution in [0.15, 0.2) is 29.2 Å². The number of hydrogen-bond donors (Lipinski definition) is 1. The van der Waals surface area contributed by atoms with Crippen molar-refractivity contribution in [2.24, 2.45) is 5.92 Å². The van der Waals surface area contributed by atoms with E-state index in [0.717, 1.165) is 17.7 Å². The summed E-state index contributed by atoms with van der Waals surface area (Å²) in [6, 6.07) is 7.40. The van der Waals surface area contributed by atoms with E-state index in [1.165, 1.54) is 0 Å². The van der Waals surface area contributed by atoms with E-state index >= 15 is 0 Å². The molecule has 0 saturated heterocycles. The minimum atomic E-state index is -0.936. The van der Waals surface area contributed by atoms with Crippen LogP contribution in [0.1, 0.15) is 26.7 Å². The lowest BCUT2D eigenvalue weighted by molar-refractivity contribution is 0.575. The highest BCUT2D eigenvalue weighted by molar-refractivity contribution is 7.85. The highest BCUT2D eigenvalue weighted by Gasteiger charge is 2.06. The van der Waals surface area contributed by atoms with Crippen LogP contribution in [-0.4, -0.2) is 9.96 Å². The summed E-state index contributed by atoms with van der Waals surface area (Å²) in [5, 5.41) is 0. The number of anilines is 1. The molecule has 0 spiro atoms. The Morgan fingerprint density at radius 3 is 2.60 bits per heavy atom. The van der Waals surface area contributed by atoms with Crippen LogP contribution in [-0.2, 0) is 10.8 Å². The Bertz CT molecular complexity index is 336. The van der Waals surface area contributed by atoms with Gasteiger partial charge >= 0.3 is 0 Å². The van der Waals surface area contributed by atoms with E-state index in [2.05, 4.69) is 13.8 Å².